The number of amides is 1. The fourth-order valence-electron chi connectivity index (χ4n) is 1.62. The Bertz CT molecular complexity index is 206. The topological polar surface area (TPSA) is 64.4 Å². The van der Waals surface area contributed by atoms with Gasteiger partial charge in [-0.25, -0.2) is 0 Å². The number of ether oxygens (including phenoxy) is 1. The number of halogens is 1. The summed E-state index contributed by atoms with van der Waals surface area (Å²) in [6.45, 7) is 6.29. The third kappa shape index (κ3) is 5.14. The lowest BCUT2D eigenvalue weighted by atomic mass is 9.99. The molecule has 0 aliphatic carbocycles. The van der Waals surface area contributed by atoms with Crippen molar-refractivity contribution in [3.05, 3.63) is 0 Å². The zero-order chi connectivity index (χ0) is 11.3. The van der Waals surface area contributed by atoms with Crippen molar-refractivity contribution in [3.8, 4) is 0 Å². The summed E-state index contributed by atoms with van der Waals surface area (Å²) < 4.78 is 5.25. The minimum Gasteiger partial charge on any atom is -0.381 e. The Kier molecular flexibility index (Phi) is 7.72. The summed E-state index contributed by atoms with van der Waals surface area (Å²) in [4.78, 5) is 11.6. The van der Waals surface area contributed by atoms with Crippen molar-refractivity contribution in [3.63, 3.8) is 0 Å². The van der Waals surface area contributed by atoms with Gasteiger partial charge in [0.15, 0.2) is 0 Å². The molecule has 1 saturated heterocycles. The van der Waals surface area contributed by atoms with Crippen LogP contribution in [-0.2, 0) is 9.53 Å². The molecule has 0 radical (unpaired) electrons. The Morgan fingerprint density at radius 2 is 2.00 bits per heavy atom. The van der Waals surface area contributed by atoms with Gasteiger partial charge in [-0.3, -0.25) is 4.79 Å². The molecule has 0 spiro atoms. The van der Waals surface area contributed by atoms with E-state index in [9.17, 15) is 4.79 Å². The van der Waals surface area contributed by atoms with Crippen LogP contribution in [0, 0.1) is 11.8 Å². The summed E-state index contributed by atoms with van der Waals surface area (Å²) in [6.07, 6.45) is 2.08. The summed E-state index contributed by atoms with van der Waals surface area (Å²) in [7, 11) is 0. The van der Waals surface area contributed by atoms with Crippen molar-refractivity contribution in [2.75, 3.05) is 19.8 Å². The second-order valence-electron chi connectivity index (χ2n) is 4.57. The zero-order valence-corrected chi connectivity index (χ0v) is 10.9. The van der Waals surface area contributed by atoms with Gasteiger partial charge >= 0.3 is 0 Å². The number of carbonyl (C=O) groups excluding carboxylic acids is 1. The van der Waals surface area contributed by atoms with Crippen LogP contribution >= 0.6 is 12.4 Å². The van der Waals surface area contributed by atoms with Gasteiger partial charge < -0.3 is 15.8 Å². The Labute approximate surface area is 104 Å². The molecule has 0 aromatic carbocycles. The van der Waals surface area contributed by atoms with E-state index in [4.69, 9.17) is 10.5 Å². The van der Waals surface area contributed by atoms with Gasteiger partial charge in [0.25, 0.3) is 0 Å². The van der Waals surface area contributed by atoms with E-state index in [1.807, 2.05) is 13.8 Å². The first-order valence-electron chi connectivity index (χ1n) is 5.72. The van der Waals surface area contributed by atoms with E-state index in [2.05, 4.69) is 5.32 Å². The highest BCUT2D eigenvalue weighted by molar-refractivity contribution is 5.85. The Morgan fingerprint density at radius 1 is 1.44 bits per heavy atom. The van der Waals surface area contributed by atoms with Crippen LogP contribution in [0.2, 0.25) is 0 Å². The summed E-state index contributed by atoms with van der Waals surface area (Å²) in [5.74, 6) is 0.721. The van der Waals surface area contributed by atoms with Crippen molar-refractivity contribution in [1.29, 1.82) is 0 Å². The lowest BCUT2D eigenvalue weighted by molar-refractivity contribution is -0.123. The van der Waals surface area contributed by atoms with Crippen LogP contribution in [0.1, 0.15) is 26.7 Å². The third-order valence-corrected chi connectivity index (χ3v) is 2.93. The van der Waals surface area contributed by atoms with E-state index < -0.39 is 0 Å². The van der Waals surface area contributed by atoms with E-state index in [1.54, 1.807) is 0 Å². The highest BCUT2D eigenvalue weighted by Crippen LogP contribution is 2.13. The van der Waals surface area contributed by atoms with Crippen molar-refractivity contribution < 1.29 is 9.53 Å². The lowest BCUT2D eigenvalue weighted by Crippen LogP contribution is -2.45. The highest BCUT2D eigenvalue weighted by Gasteiger charge is 2.19. The quantitative estimate of drug-likeness (QED) is 0.780. The molecule has 1 fully saturated rings. The first kappa shape index (κ1) is 15.7. The molecule has 1 aliphatic heterocycles. The van der Waals surface area contributed by atoms with Crippen molar-refractivity contribution in [2.24, 2.45) is 17.6 Å². The molecule has 16 heavy (non-hydrogen) atoms. The minimum atomic E-state index is -0.384. The molecule has 0 aromatic heterocycles. The third-order valence-electron chi connectivity index (χ3n) is 2.93. The van der Waals surface area contributed by atoms with Crippen LogP contribution in [0.3, 0.4) is 0 Å². The Morgan fingerprint density at radius 3 is 2.50 bits per heavy atom. The zero-order valence-electron chi connectivity index (χ0n) is 10.1. The van der Waals surface area contributed by atoms with E-state index in [1.165, 1.54) is 0 Å². The molecule has 5 heteroatoms. The van der Waals surface area contributed by atoms with Crippen molar-refractivity contribution in [1.82, 2.24) is 5.32 Å². The average Bonchev–Trinajstić information content (AvgIpc) is 2.26. The van der Waals surface area contributed by atoms with E-state index >= 15 is 0 Å². The molecule has 1 rings (SSSR count). The van der Waals surface area contributed by atoms with Crippen molar-refractivity contribution in [2.45, 2.75) is 32.7 Å². The maximum atomic E-state index is 11.6. The average molecular weight is 251 g/mol. The van der Waals surface area contributed by atoms with Crippen molar-refractivity contribution >= 4 is 18.3 Å². The van der Waals surface area contributed by atoms with Crippen LogP contribution in [0.15, 0.2) is 0 Å². The van der Waals surface area contributed by atoms with Crippen LogP contribution in [0.5, 0.6) is 0 Å². The molecule has 4 nitrogen and oxygen atoms in total. The predicted molar refractivity (Wildman–Crippen MR) is 66.6 cm³/mol. The van der Waals surface area contributed by atoms with Gasteiger partial charge in [0, 0.05) is 19.8 Å². The van der Waals surface area contributed by atoms with Crippen LogP contribution in [-0.4, -0.2) is 31.7 Å². The number of rotatable bonds is 4. The van der Waals surface area contributed by atoms with Gasteiger partial charge in [0.1, 0.15) is 0 Å². The molecule has 0 bridgehead atoms. The standard InChI is InChI=1S/C11H22N2O2.ClH/c1-8(2)10(12)11(14)13-7-9-3-5-15-6-4-9;/h8-10H,3-7,12H2,1-2H3,(H,13,14);1H. The largest absolute Gasteiger partial charge is 0.381 e. The molecule has 0 aromatic rings. The molecular weight excluding hydrogens is 228 g/mol. The predicted octanol–water partition coefficient (Wildman–Crippen LogP) is 0.934. The summed E-state index contributed by atoms with van der Waals surface area (Å²) in [5.41, 5.74) is 5.74. The van der Waals surface area contributed by atoms with E-state index in [-0.39, 0.29) is 30.3 Å². The van der Waals surface area contributed by atoms with Gasteiger partial charge in [-0.1, -0.05) is 13.8 Å². The number of hydrogen-bond donors (Lipinski definition) is 2. The molecule has 1 amide bonds. The molecular formula is C11H23ClN2O2. The summed E-state index contributed by atoms with van der Waals surface area (Å²) >= 11 is 0. The van der Waals surface area contributed by atoms with Crippen LogP contribution < -0.4 is 11.1 Å². The second kappa shape index (κ2) is 7.87. The summed E-state index contributed by atoms with van der Waals surface area (Å²) in [5, 5.41) is 2.91. The number of carbonyl (C=O) groups is 1. The molecule has 96 valence electrons. The molecule has 1 heterocycles. The van der Waals surface area contributed by atoms with Gasteiger partial charge in [-0.2, -0.15) is 0 Å². The second-order valence-corrected chi connectivity index (χ2v) is 4.57. The fourth-order valence-corrected chi connectivity index (χ4v) is 1.62. The lowest BCUT2D eigenvalue weighted by Gasteiger charge is -2.23. The fraction of sp³-hybridized carbons (Fsp3) is 0.909. The van der Waals surface area contributed by atoms with E-state index in [0.29, 0.717) is 5.92 Å². The Hall–Kier alpha value is -0.320. The molecule has 0 saturated carbocycles. The SMILES string of the molecule is CC(C)C(N)C(=O)NCC1CCOCC1.Cl. The highest BCUT2D eigenvalue weighted by atomic mass is 35.5. The normalized spacial score (nSPS) is 19.0. The molecule has 1 unspecified atom stereocenters. The van der Waals surface area contributed by atoms with Gasteiger partial charge in [-0.15, -0.1) is 12.4 Å². The summed E-state index contributed by atoms with van der Waals surface area (Å²) in [6, 6.07) is -0.384. The smallest absolute Gasteiger partial charge is 0.237 e. The maximum Gasteiger partial charge on any atom is 0.237 e. The molecule has 3 N–H and O–H groups in total. The molecule has 1 aliphatic rings. The monoisotopic (exact) mass is 250 g/mol. The maximum absolute atomic E-state index is 11.6. The van der Waals surface area contributed by atoms with Crippen LogP contribution in [0.4, 0.5) is 0 Å². The Balaban J connectivity index is 0.00000225. The minimum absolute atomic E-state index is 0. The van der Waals surface area contributed by atoms with Gasteiger partial charge in [0.05, 0.1) is 6.04 Å². The van der Waals surface area contributed by atoms with Gasteiger partial charge in [0.2, 0.25) is 5.91 Å². The first-order chi connectivity index (χ1) is 7.11. The number of nitrogens with two attached hydrogens (primary N) is 1. The van der Waals surface area contributed by atoms with E-state index in [0.717, 1.165) is 32.6 Å². The van der Waals surface area contributed by atoms with Crippen LogP contribution in [0.25, 0.3) is 0 Å². The number of hydrogen-bond acceptors (Lipinski definition) is 3. The number of nitrogens with one attached hydrogen (secondary N) is 1. The molecule has 1 atom stereocenters. The van der Waals surface area contributed by atoms with Gasteiger partial charge in [-0.05, 0) is 24.7 Å². The first-order valence-corrected chi connectivity index (χ1v) is 5.72.